The van der Waals surface area contributed by atoms with Gasteiger partial charge in [0.2, 0.25) is 0 Å². The zero-order valence-corrected chi connectivity index (χ0v) is 10.2. The lowest BCUT2D eigenvalue weighted by Crippen LogP contribution is -2.19. The quantitative estimate of drug-likeness (QED) is 0.479. The number of esters is 1. The predicted molar refractivity (Wildman–Crippen MR) is 63.8 cm³/mol. The molecule has 17 heavy (non-hydrogen) atoms. The van der Waals surface area contributed by atoms with Gasteiger partial charge >= 0.3 is 5.97 Å². The fourth-order valence-electron chi connectivity index (χ4n) is 1.27. The second-order valence-corrected chi connectivity index (χ2v) is 4.41. The highest BCUT2D eigenvalue weighted by atomic mass is 16.5. The summed E-state index contributed by atoms with van der Waals surface area (Å²) in [5, 5.41) is 19.3. The number of phenols is 1. The molecule has 2 N–H and O–H groups in total. The molecule has 0 aromatic heterocycles. The van der Waals surface area contributed by atoms with Gasteiger partial charge in [-0.05, 0) is 39.0 Å². The summed E-state index contributed by atoms with van der Waals surface area (Å²) in [6.45, 7) is 8.09. The van der Waals surface area contributed by atoms with E-state index in [2.05, 4.69) is 6.58 Å². The van der Waals surface area contributed by atoms with Gasteiger partial charge in [0.05, 0.1) is 5.60 Å². The first-order valence-electron chi connectivity index (χ1n) is 5.15. The highest BCUT2D eigenvalue weighted by Gasteiger charge is 2.23. The maximum atomic E-state index is 11.4. The maximum Gasteiger partial charge on any atom is 0.338 e. The summed E-state index contributed by atoms with van der Waals surface area (Å²) in [5.41, 5.74) is -0.615. The monoisotopic (exact) mass is 236 g/mol. The first-order chi connectivity index (χ1) is 7.71. The van der Waals surface area contributed by atoms with Gasteiger partial charge in [0.25, 0.3) is 0 Å². The van der Waals surface area contributed by atoms with Gasteiger partial charge in [-0.15, -0.1) is 0 Å². The molecule has 0 unspecified atom stereocenters. The van der Waals surface area contributed by atoms with Crippen molar-refractivity contribution >= 4 is 5.97 Å². The Morgan fingerprint density at radius 3 is 2.47 bits per heavy atom. The summed E-state index contributed by atoms with van der Waals surface area (Å²) in [6.07, 6.45) is 0. The highest BCUT2D eigenvalue weighted by molar-refractivity contribution is 5.89. The highest BCUT2D eigenvalue weighted by Crippen LogP contribution is 2.32. The van der Waals surface area contributed by atoms with Crippen LogP contribution >= 0.6 is 0 Å². The molecule has 92 valence electrons. The number of hydrogen-bond donors (Lipinski definition) is 2. The van der Waals surface area contributed by atoms with Gasteiger partial charge in [0.1, 0.15) is 11.5 Å². The molecule has 0 aliphatic heterocycles. The van der Waals surface area contributed by atoms with Crippen LogP contribution in [-0.2, 0) is 10.4 Å². The Morgan fingerprint density at radius 2 is 2.00 bits per heavy atom. The van der Waals surface area contributed by atoms with Gasteiger partial charge in [-0.3, -0.25) is 0 Å². The molecular formula is C13H16O4. The van der Waals surface area contributed by atoms with E-state index in [1.54, 1.807) is 13.8 Å². The van der Waals surface area contributed by atoms with Crippen LogP contribution in [0.2, 0.25) is 0 Å². The van der Waals surface area contributed by atoms with Crippen LogP contribution in [0.5, 0.6) is 11.5 Å². The molecule has 0 fully saturated rings. The Kier molecular flexibility index (Phi) is 3.58. The second-order valence-electron chi connectivity index (χ2n) is 4.41. The van der Waals surface area contributed by atoms with E-state index in [0.29, 0.717) is 5.56 Å². The van der Waals surface area contributed by atoms with Crippen LogP contribution in [0.4, 0.5) is 0 Å². The van der Waals surface area contributed by atoms with Crippen LogP contribution < -0.4 is 4.74 Å². The normalized spacial score (nSPS) is 11.1. The van der Waals surface area contributed by atoms with Crippen molar-refractivity contribution < 1.29 is 19.7 Å². The lowest BCUT2D eigenvalue weighted by atomic mass is 9.97. The number of rotatable bonds is 3. The van der Waals surface area contributed by atoms with Gasteiger partial charge in [-0.1, -0.05) is 6.58 Å². The lowest BCUT2D eigenvalue weighted by Gasteiger charge is -2.21. The van der Waals surface area contributed by atoms with Gasteiger partial charge < -0.3 is 14.9 Å². The first-order valence-corrected chi connectivity index (χ1v) is 5.15. The summed E-state index contributed by atoms with van der Waals surface area (Å²) in [5.74, 6) is -0.360. The van der Waals surface area contributed by atoms with Crippen molar-refractivity contribution in [3.8, 4) is 11.5 Å². The van der Waals surface area contributed by atoms with Gasteiger partial charge in [-0.25, -0.2) is 4.79 Å². The molecule has 0 saturated carbocycles. The van der Waals surface area contributed by atoms with E-state index in [-0.39, 0.29) is 17.1 Å². The van der Waals surface area contributed by atoms with E-state index in [1.807, 2.05) is 0 Å². The fourth-order valence-corrected chi connectivity index (χ4v) is 1.27. The molecule has 0 atom stereocenters. The van der Waals surface area contributed by atoms with Gasteiger partial charge in [-0.2, -0.15) is 0 Å². The van der Waals surface area contributed by atoms with Crippen molar-refractivity contribution in [3.05, 3.63) is 35.9 Å². The van der Waals surface area contributed by atoms with Crippen LogP contribution in [0.15, 0.2) is 30.4 Å². The Labute approximate surface area is 100 Å². The number of carbonyl (C=O) groups is 1. The third kappa shape index (κ3) is 3.32. The first kappa shape index (κ1) is 13.3. The molecule has 0 radical (unpaired) electrons. The Morgan fingerprint density at radius 1 is 1.41 bits per heavy atom. The minimum absolute atomic E-state index is 0.00255. The molecule has 0 bridgehead atoms. The zero-order valence-electron chi connectivity index (χ0n) is 10.2. The summed E-state index contributed by atoms with van der Waals surface area (Å²) < 4.78 is 5.08. The molecule has 1 rings (SSSR count). The molecule has 0 heterocycles. The standard InChI is InChI=1S/C13H16O4/c1-8(2)12(15)17-11-6-5-9(14)7-10(11)13(3,4)16/h5-7,14,16H,1H2,2-4H3. The minimum atomic E-state index is -1.22. The number of phenolic OH excluding ortho intramolecular Hbond substituents is 1. The molecule has 4 heteroatoms. The maximum absolute atomic E-state index is 11.4. The molecule has 0 saturated heterocycles. The van der Waals surface area contributed by atoms with Crippen LogP contribution in [0.3, 0.4) is 0 Å². The van der Waals surface area contributed by atoms with Crippen molar-refractivity contribution in [2.75, 3.05) is 0 Å². The molecule has 0 aliphatic carbocycles. The third-order valence-corrected chi connectivity index (χ3v) is 2.17. The summed E-state index contributed by atoms with van der Waals surface area (Å²) in [7, 11) is 0. The van der Waals surface area contributed by atoms with E-state index in [1.165, 1.54) is 25.1 Å². The molecule has 0 aliphatic rings. The van der Waals surface area contributed by atoms with Crippen molar-refractivity contribution in [3.63, 3.8) is 0 Å². The summed E-state index contributed by atoms with van der Waals surface area (Å²) in [6, 6.07) is 4.18. The van der Waals surface area contributed by atoms with Crippen LogP contribution in [-0.4, -0.2) is 16.2 Å². The van der Waals surface area contributed by atoms with Crippen LogP contribution in [0, 0.1) is 0 Å². The minimum Gasteiger partial charge on any atom is -0.508 e. The third-order valence-electron chi connectivity index (χ3n) is 2.17. The van der Waals surface area contributed by atoms with Crippen molar-refractivity contribution in [1.29, 1.82) is 0 Å². The molecule has 0 spiro atoms. The van der Waals surface area contributed by atoms with Crippen molar-refractivity contribution in [1.82, 2.24) is 0 Å². The number of ether oxygens (including phenoxy) is 1. The predicted octanol–water partition coefficient (Wildman–Crippen LogP) is 2.10. The number of benzene rings is 1. The Balaban J connectivity index is 3.16. The van der Waals surface area contributed by atoms with Crippen molar-refractivity contribution in [2.45, 2.75) is 26.4 Å². The SMILES string of the molecule is C=C(C)C(=O)Oc1ccc(O)cc1C(C)(C)O. The smallest absolute Gasteiger partial charge is 0.338 e. The largest absolute Gasteiger partial charge is 0.508 e. The number of carbonyl (C=O) groups excluding carboxylic acids is 1. The fraction of sp³-hybridized carbons (Fsp3) is 0.308. The molecule has 1 aromatic carbocycles. The number of hydrogen-bond acceptors (Lipinski definition) is 4. The van der Waals surface area contributed by atoms with E-state index < -0.39 is 11.6 Å². The second kappa shape index (κ2) is 4.59. The van der Waals surface area contributed by atoms with Crippen LogP contribution in [0.1, 0.15) is 26.3 Å². The summed E-state index contributed by atoms with van der Waals surface area (Å²) in [4.78, 5) is 11.4. The van der Waals surface area contributed by atoms with E-state index >= 15 is 0 Å². The lowest BCUT2D eigenvalue weighted by molar-refractivity contribution is -0.130. The molecular weight excluding hydrogens is 220 g/mol. The van der Waals surface area contributed by atoms with Gasteiger partial charge in [0.15, 0.2) is 0 Å². The van der Waals surface area contributed by atoms with E-state index in [9.17, 15) is 15.0 Å². The average Bonchev–Trinajstić information content (AvgIpc) is 2.18. The van der Waals surface area contributed by atoms with Crippen LogP contribution in [0.25, 0.3) is 0 Å². The van der Waals surface area contributed by atoms with E-state index in [0.717, 1.165) is 0 Å². The Bertz CT molecular complexity index is 455. The zero-order chi connectivity index (χ0) is 13.2. The average molecular weight is 236 g/mol. The molecule has 1 aromatic rings. The number of aromatic hydroxyl groups is 1. The Hall–Kier alpha value is -1.81. The van der Waals surface area contributed by atoms with E-state index in [4.69, 9.17) is 4.74 Å². The molecule has 0 amide bonds. The topological polar surface area (TPSA) is 66.8 Å². The summed E-state index contributed by atoms with van der Waals surface area (Å²) >= 11 is 0. The molecule has 4 nitrogen and oxygen atoms in total. The number of aliphatic hydroxyl groups is 1. The van der Waals surface area contributed by atoms with Crippen molar-refractivity contribution in [2.24, 2.45) is 0 Å². The van der Waals surface area contributed by atoms with Gasteiger partial charge in [0, 0.05) is 11.1 Å².